The predicted molar refractivity (Wildman–Crippen MR) is 70.4 cm³/mol. The number of aliphatic hydroxyl groups is 1. The van der Waals surface area contributed by atoms with Crippen LogP contribution in [0.25, 0.3) is 0 Å². The molecule has 0 amide bonds. The highest BCUT2D eigenvalue weighted by molar-refractivity contribution is 7.07. The number of hydrogen-bond donors (Lipinski definition) is 2. The van der Waals surface area contributed by atoms with Crippen molar-refractivity contribution in [3.05, 3.63) is 22.4 Å². The average molecular weight is 255 g/mol. The number of hydrogen-bond acceptors (Lipinski definition) is 4. The Morgan fingerprint density at radius 1 is 1.53 bits per heavy atom. The van der Waals surface area contributed by atoms with E-state index in [9.17, 15) is 5.11 Å². The van der Waals surface area contributed by atoms with E-state index in [2.05, 4.69) is 22.1 Å². The molecule has 1 heterocycles. The van der Waals surface area contributed by atoms with Gasteiger partial charge < -0.3 is 15.2 Å². The first-order valence-electron chi connectivity index (χ1n) is 6.32. The third kappa shape index (κ3) is 5.64. The van der Waals surface area contributed by atoms with E-state index < -0.39 is 0 Å². The van der Waals surface area contributed by atoms with Crippen molar-refractivity contribution in [2.45, 2.75) is 25.4 Å². The number of aliphatic hydroxyl groups excluding tert-OH is 1. The molecule has 1 unspecified atom stereocenters. The van der Waals surface area contributed by atoms with E-state index in [1.807, 2.05) is 0 Å². The number of ether oxygens (including phenoxy) is 1. The van der Waals surface area contributed by atoms with Gasteiger partial charge in [-0.3, -0.25) is 0 Å². The van der Waals surface area contributed by atoms with Gasteiger partial charge in [-0.2, -0.15) is 11.3 Å². The van der Waals surface area contributed by atoms with Crippen LogP contribution in [0, 0.1) is 5.92 Å². The second-order valence-corrected chi connectivity index (χ2v) is 5.50. The molecule has 0 aliphatic heterocycles. The molecule has 0 aromatic carbocycles. The van der Waals surface area contributed by atoms with Gasteiger partial charge in [-0.05, 0) is 54.1 Å². The molecule has 4 heteroatoms. The maximum atomic E-state index is 9.65. The fourth-order valence-corrected chi connectivity index (χ4v) is 2.35. The van der Waals surface area contributed by atoms with Crippen LogP contribution in [0.1, 0.15) is 18.4 Å². The topological polar surface area (TPSA) is 41.5 Å². The van der Waals surface area contributed by atoms with Gasteiger partial charge in [-0.15, -0.1) is 0 Å². The third-order valence-electron chi connectivity index (χ3n) is 2.91. The zero-order valence-corrected chi connectivity index (χ0v) is 10.9. The maximum absolute atomic E-state index is 9.65. The van der Waals surface area contributed by atoms with Crippen LogP contribution < -0.4 is 5.32 Å². The van der Waals surface area contributed by atoms with E-state index >= 15 is 0 Å². The SMILES string of the molecule is OC(CNCCc1ccsc1)COCC1CC1. The first-order chi connectivity index (χ1) is 8.34. The molecule has 17 heavy (non-hydrogen) atoms. The van der Waals surface area contributed by atoms with Crippen LogP contribution >= 0.6 is 11.3 Å². The molecule has 1 atom stereocenters. The van der Waals surface area contributed by atoms with Crippen LogP contribution in [0.3, 0.4) is 0 Å². The lowest BCUT2D eigenvalue weighted by molar-refractivity contribution is 0.0327. The van der Waals surface area contributed by atoms with E-state index in [0.29, 0.717) is 13.2 Å². The smallest absolute Gasteiger partial charge is 0.0897 e. The van der Waals surface area contributed by atoms with E-state index in [-0.39, 0.29) is 6.10 Å². The van der Waals surface area contributed by atoms with Crippen molar-refractivity contribution in [1.82, 2.24) is 5.32 Å². The summed E-state index contributed by atoms with van der Waals surface area (Å²) in [5, 5.41) is 17.2. The molecule has 0 saturated heterocycles. The molecule has 3 nitrogen and oxygen atoms in total. The molecular weight excluding hydrogens is 234 g/mol. The molecule has 1 fully saturated rings. The van der Waals surface area contributed by atoms with Crippen molar-refractivity contribution in [2.75, 3.05) is 26.3 Å². The number of thiophene rings is 1. The summed E-state index contributed by atoms with van der Waals surface area (Å²) in [5.41, 5.74) is 1.36. The molecule has 1 aliphatic rings. The fourth-order valence-electron chi connectivity index (χ4n) is 1.65. The molecule has 1 aromatic heterocycles. The summed E-state index contributed by atoms with van der Waals surface area (Å²) in [6, 6.07) is 2.14. The van der Waals surface area contributed by atoms with Gasteiger partial charge in [0.05, 0.1) is 12.7 Å². The summed E-state index contributed by atoms with van der Waals surface area (Å²) in [4.78, 5) is 0. The minimum atomic E-state index is -0.378. The Labute approximate surface area is 107 Å². The number of nitrogens with one attached hydrogen (secondary N) is 1. The van der Waals surface area contributed by atoms with E-state index in [0.717, 1.165) is 25.5 Å². The largest absolute Gasteiger partial charge is 0.389 e. The lowest BCUT2D eigenvalue weighted by atomic mass is 10.2. The van der Waals surface area contributed by atoms with Gasteiger partial charge in [0.15, 0.2) is 0 Å². The van der Waals surface area contributed by atoms with Crippen LogP contribution in [0.5, 0.6) is 0 Å². The monoisotopic (exact) mass is 255 g/mol. The molecule has 2 rings (SSSR count). The fraction of sp³-hybridized carbons (Fsp3) is 0.692. The lowest BCUT2D eigenvalue weighted by Gasteiger charge is -2.12. The highest BCUT2D eigenvalue weighted by Gasteiger charge is 2.21. The Morgan fingerprint density at radius 3 is 3.12 bits per heavy atom. The summed E-state index contributed by atoms with van der Waals surface area (Å²) in [6.45, 7) is 2.82. The predicted octanol–water partition coefficient (Wildman–Crippen LogP) is 1.67. The van der Waals surface area contributed by atoms with E-state index in [1.54, 1.807) is 11.3 Å². The summed E-state index contributed by atoms with van der Waals surface area (Å²) in [6.07, 6.45) is 3.25. The van der Waals surface area contributed by atoms with Crippen LogP contribution in [0.15, 0.2) is 16.8 Å². The van der Waals surface area contributed by atoms with Crippen molar-refractivity contribution in [3.63, 3.8) is 0 Å². The van der Waals surface area contributed by atoms with Crippen LogP contribution in [-0.2, 0) is 11.2 Å². The zero-order valence-electron chi connectivity index (χ0n) is 10.1. The van der Waals surface area contributed by atoms with Crippen LogP contribution in [0.2, 0.25) is 0 Å². The lowest BCUT2D eigenvalue weighted by Crippen LogP contribution is -2.31. The quantitative estimate of drug-likeness (QED) is 0.660. The molecule has 96 valence electrons. The molecule has 1 saturated carbocycles. The Balaban J connectivity index is 1.43. The molecule has 1 aliphatic carbocycles. The summed E-state index contributed by atoms with van der Waals surface area (Å²) in [7, 11) is 0. The Bertz CT molecular complexity index is 298. The second kappa shape index (κ2) is 7.11. The normalized spacial score (nSPS) is 17.2. The van der Waals surface area contributed by atoms with Gasteiger partial charge in [0.2, 0.25) is 0 Å². The van der Waals surface area contributed by atoms with Gasteiger partial charge >= 0.3 is 0 Å². The molecular formula is C13H21NO2S. The van der Waals surface area contributed by atoms with Crippen molar-refractivity contribution in [2.24, 2.45) is 5.92 Å². The Morgan fingerprint density at radius 2 is 2.41 bits per heavy atom. The first kappa shape index (κ1) is 13.0. The molecule has 0 spiro atoms. The van der Waals surface area contributed by atoms with E-state index in [1.165, 1.54) is 18.4 Å². The van der Waals surface area contributed by atoms with Crippen molar-refractivity contribution in [3.8, 4) is 0 Å². The Hall–Kier alpha value is -0.420. The highest BCUT2D eigenvalue weighted by Crippen LogP contribution is 2.28. The van der Waals surface area contributed by atoms with Gasteiger partial charge in [0.25, 0.3) is 0 Å². The van der Waals surface area contributed by atoms with Crippen LogP contribution in [-0.4, -0.2) is 37.5 Å². The summed E-state index contributed by atoms with van der Waals surface area (Å²) < 4.78 is 5.43. The van der Waals surface area contributed by atoms with Gasteiger partial charge in [0.1, 0.15) is 0 Å². The first-order valence-corrected chi connectivity index (χ1v) is 7.26. The van der Waals surface area contributed by atoms with Gasteiger partial charge in [-0.1, -0.05) is 0 Å². The molecule has 1 aromatic rings. The zero-order chi connectivity index (χ0) is 11.9. The number of rotatable bonds is 9. The minimum absolute atomic E-state index is 0.378. The maximum Gasteiger partial charge on any atom is 0.0897 e. The molecule has 2 N–H and O–H groups in total. The second-order valence-electron chi connectivity index (χ2n) is 4.72. The minimum Gasteiger partial charge on any atom is -0.389 e. The summed E-state index contributed by atoms with van der Waals surface area (Å²) >= 11 is 1.73. The molecule has 0 radical (unpaired) electrons. The van der Waals surface area contributed by atoms with Gasteiger partial charge in [-0.25, -0.2) is 0 Å². The summed E-state index contributed by atoms with van der Waals surface area (Å²) in [5.74, 6) is 0.772. The Kier molecular flexibility index (Phi) is 5.45. The highest BCUT2D eigenvalue weighted by atomic mass is 32.1. The van der Waals surface area contributed by atoms with Crippen molar-refractivity contribution < 1.29 is 9.84 Å². The standard InChI is InChI=1S/C13H21NO2S/c15-13(9-16-8-11-1-2-11)7-14-5-3-12-4-6-17-10-12/h4,6,10-11,13-15H,1-3,5,7-9H2. The molecule has 0 bridgehead atoms. The van der Waals surface area contributed by atoms with Gasteiger partial charge in [0, 0.05) is 13.2 Å². The van der Waals surface area contributed by atoms with Crippen molar-refractivity contribution >= 4 is 11.3 Å². The van der Waals surface area contributed by atoms with Crippen LogP contribution in [0.4, 0.5) is 0 Å². The van der Waals surface area contributed by atoms with Crippen molar-refractivity contribution in [1.29, 1.82) is 0 Å². The third-order valence-corrected chi connectivity index (χ3v) is 3.64. The average Bonchev–Trinajstić information content (AvgIpc) is 3.00. The van der Waals surface area contributed by atoms with E-state index in [4.69, 9.17) is 4.74 Å².